The van der Waals surface area contributed by atoms with Gasteiger partial charge in [-0.25, -0.2) is 0 Å². The van der Waals surface area contributed by atoms with E-state index in [1.165, 1.54) is 52.0 Å². The Morgan fingerprint density at radius 3 is 2.28 bits per heavy atom. The third-order valence-corrected chi connectivity index (χ3v) is 4.73. The maximum absolute atomic E-state index is 3.53. The highest BCUT2D eigenvalue weighted by atomic mass is 15.3. The highest BCUT2D eigenvalue weighted by Gasteiger charge is 2.33. The van der Waals surface area contributed by atoms with Crippen LogP contribution >= 0.6 is 0 Å². The Balaban J connectivity index is 1.74. The van der Waals surface area contributed by atoms with Crippen molar-refractivity contribution in [1.29, 1.82) is 0 Å². The Morgan fingerprint density at radius 2 is 1.78 bits per heavy atom. The normalized spacial score (nSPS) is 26.2. The van der Waals surface area contributed by atoms with E-state index in [-0.39, 0.29) is 0 Å². The van der Waals surface area contributed by atoms with E-state index in [0.29, 0.717) is 5.41 Å². The fourth-order valence-corrected chi connectivity index (χ4v) is 2.99. The number of hydrogen-bond acceptors (Lipinski definition) is 3. The monoisotopic (exact) mass is 253 g/mol. The van der Waals surface area contributed by atoms with E-state index in [1.54, 1.807) is 0 Å². The summed E-state index contributed by atoms with van der Waals surface area (Å²) in [5.41, 5.74) is 0.442. The molecule has 1 aliphatic heterocycles. The van der Waals surface area contributed by atoms with Gasteiger partial charge >= 0.3 is 0 Å². The lowest BCUT2D eigenvalue weighted by atomic mass is 9.86. The maximum Gasteiger partial charge on any atom is 0.0113 e. The van der Waals surface area contributed by atoms with E-state index >= 15 is 0 Å². The zero-order valence-corrected chi connectivity index (χ0v) is 12.5. The lowest BCUT2D eigenvalue weighted by Gasteiger charge is -2.40. The molecule has 0 amide bonds. The van der Waals surface area contributed by atoms with Gasteiger partial charge in [-0.2, -0.15) is 0 Å². The van der Waals surface area contributed by atoms with Crippen molar-refractivity contribution < 1.29 is 0 Å². The summed E-state index contributed by atoms with van der Waals surface area (Å²) in [6.07, 6.45) is 4.17. The highest BCUT2D eigenvalue weighted by molar-refractivity contribution is 4.89. The van der Waals surface area contributed by atoms with Crippen LogP contribution in [-0.4, -0.2) is 61.7 Å². The molecule has 1 saturated carbocycles. The molecule has 3 heteroatoms. The quantitative estimate of drug-likeness (QED) is 0.746. The van der Waals surface area contributed by atoms with E-state index in [1.807, 2.05) is 0 Å². The standard InChI is InChI=1S/C15H31N3/c1-4-15(3,12-16-5-2)13-17-8-10-18(11-9-17)14-6-7-14/h14,16H,4-13H2,1-3H3. The molecular weight excluding hydrogens is 222 g/mol. The molecule has 1 saturated heterocycles. The van der Waals surface area contributed by atoms with E-state index in [9.17, 15) is 0 Å². The number of nitrogens with one attached hydrogen (secondary N) is 1. The van der Waals surface area contributed by atoms with Gasteiger partial charge in [-0.15, -0.1) is 0 Å². The summed E-state index contributed by atoms with van der Waals surface area (Å²) in [7, 11) is 0. The zero-order valence-electron chi connectivity index (χ0n) is 12.5. The van der Waals surface area contributed by atoms with Crippen molar-refractivity contribution >= 4 is 0 Å². The number of rotatable bonds is 7. The van der Waals surface area contributed by atoms with Crippen molar-refractivity contribution in [2.24, 2.45) is 5.41 Å². The molecule has 0 aromatic rings. The van der Waals surface area contributed by atoms with Crippen LogP contribution < -0.4 is 5.32 Å². The first-order valence-corrected chi connectivity index (χ1v) is 7.84. The Morgan fingerprint density at radius 1 is 1.11 bits per heavy atom. The minimum atomic E-state index is 0.442. The first kappa shape index (κ1) is 14.3. The van der Waals surface area contributed by atoms with E-state index in [0.717, 1.165) is 19.1 Å². The summed E-state index contributed by atoms with van der Waals surface area (Å²) < 4.78 is 0. The number of nitrogens with zero attached hydrogens (tertiary/aromatic N) is 2. The van der Waals surface area contributed by atoms with Gasteiger partial charge in [-0.1, -0.05) is 20.8 Å². The van der Waals surface area contributed by atoms with Crippen molar-refractivity contribution in [3.05, 3.63) is 0 Å². The second-order valence-corrected chi connectivity index (χ2v) is 6.49. The zero-order chi connectivity index (χ0) is 13.0. The molecule has 18 heavy (non-hydrogen) atoms. The van der Waals surface area contributed by atoms with Crippen molar-refractivity contribution in [1.82, 2.24) is 15.1 Å². The van der Waals surface area contributed by atoms with Gasteiger partial charge in [0.2, 0.25) is 0 Å². The lowest BCUT2D eigenvalue weighted by molar-refractivity contribution is 0.0847. The van der Waals surface area contributed by atoms with Gasteiger partial charge in [-0.05, 0) is 31.2 Å². The topological polar surface area (TPSA) is 18.5 Å². The molecule has 106 valence electrons. The molecule has 0 aromatic heterocycles. The Labute approximate surface area is 113 Å². The first-order valence-electron chi connectivity index (χ1n) is 7.84. The number of hydrogen-bond donors (Lipinski definition) is 1. The molecule has 2 fully saturated rings. The van der Waals surface area contributed by atoms with Gasteiger partial charge in [0.1, 0.15) is 0 Å². The second kappa shape index (κ2) is 6.36. The fraction of sp³-hybridized carbons (Fsp3) is 1.00. The molecule has 1 N–H and O–H groups in total. The summed E-state index contributed by atoms with van der Waals surface area (Å²) in [5.74, 6) is 0. The summed E-state index contributed by atoms with van der Waals surface area (Å²) >= 11 is 0. The van der Waals surface area contributed by atoms with Gasteiger partial charge in [0.15, 0.2) is 0 Å². The Bertz CT molecular complexity index is 244. The molecule has 0 bridgehead atoms. The van der Waals surface area contributed by atoms with E-state index < -0.39 is 0 Å². The predicted molar refractivity (Wildman–Crippen MR) is 78.0 cm³/mol. The van der Waals surface area contributed by atoms with Crippen molar-refractivity contribution in [2.45, 2.75) is 46.1 Å². The van der Waals surface area contributed by atoms with Crippen LogP contribution in [0.2, 0.25) is 0 Å². The van der Waals surface area contributed by atoms with E-state index in [2.05, 4.69) is 35.9 Å². The summed E-state index contributed by atoms with van der Waals surface area (Å²) in [5, 5.41) is 3.53. The summed E-state index contributed by atoms with van der Waals surface area (Å²) in [6.45, 7) is 15.6. The minimum absolute atomic E-state index is 0.442. The second-order valence-electron chi connectivity index (χ2n) is 6.49. The van der Waals surface area contributed by atoms with Crippen LogP contribution in [0.1, 0.15) is 40.0 Å². The molecule has 1 heterocycles. The minimum Gasteiger partial charge on any atom is -0.316 e. The Hall–Kier alpha value is -0.120. The van der Waals surface area contributed by atoms with Gasteiger partial charge < -0.3 is 10.2 Å². The number of piperazine rings is 1. The average Bonchev–Trinajstić information content (AvgIpc) is 3.22. The largest absolute Gasteiger partial charge is 0.316 e. The molecule has 2 aliphatic rings. The van der Waals surface area contributed by atoms with Crippen molar-refractivity contribution in [3.63, 3.8) is 0 Å². The maximum atomic E-state index is 3.53. The van der Waals surface area contributed by atoms with Gasteiger partial charge in [0, 0.05) is 45.3 Å². The van der Waals surface area contributed by atoms with Crippen LogP contribution in [-0.2, 0) is 0 Å². The lowest BCUT2D eigenvalue weighted by Crippen LogP contribution is -2.51. The molecule has 3 nitrogen and oxygen atoms in total. The van der Waals surface area contributed by atoms with Gasteiger partial charge in [0.25, 0.3) is 0 Å². The average molecular weight is 253 g/mol. The smallest absolute Gasteiger partial charge is 0.0113 e. The van der Waals surface area contributed by atoms with Crippen LogP contribution in [0.15, 0.2) is 0 Å². The van der Waals surface area contributed by atoms with Gasteiger partial charge in [-0.3, -0.25) is 4.90 Å². The molecule has 0 aromatic carbocycles. The Kier molecular flexibility index (Phi) is 5.05. The molecule has 2 rings (SSSR count). The fourth-order valence-electron chi connectivity index (χ4n) is 2.99. The molecule has 0 spiro atoms. The van der Waals surface area contributed by atoms with Crippen LogP contribution in [0.3, 0.4) is 0 Å². The van der Waals surface area contributed by atoms with Crippen molar-refractivity contribution in [3.8, 4) is 0 Å². The molecule has 1 unspecified atom stereocenters. The summed E-state index contributed by atoms with van der Waals surface area (Å²) in [4.78, 5) is 5.38. The highest BCUT2D eigenvalue weighted by Crippen LogP contribution is 2.28. The summed E-state index contributed by atoms with van der Waals surface area (Å²) in [6, 6.07) is 0.950. The SMILES string of the molecule is CCNCC(C)(CC)CN1CCN(C2CC2)CC1. The predicted octanol–water partition coefficient (Wildman–Crippen LogP) is 1.79. The third-order valence-electron chi connectivity index (χ3n) is 4.73. The third kappa shape index (κ3) is 3.94. The molecule has 1 aliphatic carbocycles. The molecule has 1 atom stereocenters. The first-order chi connectivity index (χ1) is 8.67. The van der Waals surface area contributed by atoms with Gasteiger partial charge in [0.05, 0.1) is 0 Å². The van der Waals surface area contributed by atoms with Crippen LogP contribution in [0.25, 0.3) is 0 Å². The van der Waals surface area contributed by atoms with Crippen LogP contribution in [0.5, 0.6) is 0 Å². The van der Waals surface area contributed by atoms with Crippen LogP contribution in [0, 0.1) is 5.41 Å². The van der Waals surface area contributed by atoms with E-state index in [4.69, 9.17) is 0 Å². The van der Waals surface area contributed by atoms with Crippen LogP contribution in [0.4, 0.5) is 0 Å². The van der Waals surface area contributed by atoms with Crippen molar-refractivity contribution in [2.75, 3.05) is 45.8 Å². The molecule has 0 radical (unpaired) electrons. The molecular formula is C15H31N3.